The number of fused-ring (bicyclic) bond motifs is 1. The third-order valence-corrected chi connectivity index (χ3v) is 3.25. The number of hydrogen-bond donors (Lipinski definition) is 0. The zero-order chi connectivity index (χ0) is 8.73. The van der Waals surface area contributed by atoms with Crippen molar-refractivity contribution in [2.75, 3.05) is 6.61 Å². The van der Waals surface area contributed by atoms with Crippen molar-refractivity contribution in [1.82, 2.24) is 0 Å². The van der Waals surface area contributed by atoms with Crippen LogP contribution >= 0.6 is 0 Å². The van der Waals surface area contributed by atoms with E-state index in [-0.39, 0.29) is 0 Å². The summed E-state index contributed by atoms with van der Waals surface area (Å²) in [5.41, 5.74) is 0. The molecule has 0 aromatic heterocycles. The van der Waals surface area contributed by atoms with Crippen LogP contribution in [-0.2, 0) is 14.2 Å². The molecule has 3 nitrogen and oxygen atoms in total. The Labute approximate surface area is 78.3 Å². The molecule has 0 bridgehead atoms. The van der Waals surface area contributed by atoms with Gasteiger partial charge in [-0.15, -0.1) is 0 Å². The zero-order valence-electron chi connectivity index (χ0n) is 7.83. The molecule has 1 aliphatic carbocycles. The van der Waals surface area contributed by atoms with E-state index in [1.807, 2.05) is 0 Å². The fourth-order valence-electron chi connectivity index (χ4n) is 2.60. The largest absolute Gasteiger partial charge is 0.327 e. The van der Waals surface area contributed by atoms with Crippen molar-refractivity contribution in [3.8, 4) is 0 Å². The predicted molar refractivity (Wildman–Crippen MR) is 46.1 cm³/mol. The van der Waals surface area contributed by atoms with Gasteiger partial charge in [0.25, 0.3) is 5.97 Å². The van der Waals surface area contributed by atoms with Crippen LogP contribution in [0.1, 0.15) is 38.5 Å². The summed E-state index contributed by atoms with van der Waals surface area (Å²) in [5, 5.41) is 0. The maximum absolute atomic E-state index is 5.87. The summed E-state index contributed by atoms with van der Waals surface area (Å²) in [6, 6.07) is 0. The van der Waals surface area contributed by atoms with Crippen molar-refractivity contribution < 1.29 is 14.2 Å². The maximum atomic E-state index is 5.87. The number of hydrogen-bond acceptors (Lipinski definition) is 3. The molecule has 0 radical (unpaired) electrons. The highest BCUT2D eigenvalue weighted by molar-refractivity contribution is 4.86. The van der Waals surface area contributed by atoms with E-state index in [1.165, 1.54) is 12.8 Å². The van der Waals surface area contributed by atoms with Crippen molar-refractivity contribution in [3.05, 3.63) is 0 Å². The molecule has 13 heavy (non-hydrogen) atoms. The van der Waals surface area contributed by atoms with Gasteiger partial charge in [0.2, 0.25) is 0 Å². The van der Waals surface area contributed by atoms with Gasteiger partial charge in [0.05, 0.1) is 18.8 Å². The highest BCUT2D eigenvalue weighted by Crippen LogP contribution is 2.42. The van der Waals surface area contributed by atoms with E-state index in [9.17, 15) is 0 Å². The van der Waals surface area contributed by atoms with E-state index in [4.69, 9.17) is 14.2 Å². The highest BCUT2D eigenvalue weighted by Gasteiger charge is 2.51. The Balaban J connectivity index is 1.74. The average Bonchev–Trinajstić information content (AvgIpc) is 2.72. The predicted octanol–water partition coefficient (Wildman–Crippen LogP) is 1.81. The van der Waals surface area contributed by atoms with Gasteiger partial charge in [-0.05, 0) is 19.3 Å². The Morgan fingerprint density at radius 3 is 2.15 bits per heavy atom. The van der Waals surface area contributed by atoms with E-state index in [1.54, 1.807) is 0 Å². The summed E-state index contributed by atoms with van der Waals surface area (Å²) >= 11 is 0. The molecule has 3 rings (SSSR count). The molecular formula is C10H16O3. The SMILES string of the molecule is C1CCC2OC3(CCCO3)OC2C1. The first-order valence-electron chi connectivity index (χ1n) is 5.38. The second-order valence-corrected chi connectivity index (χ2v) is 4.23. The van der Waals surface area contributed by atoms with Crippen LogP contribution in [0.15, 0.2) is 0 Å². The molecule has 3 fully saturated rings. The number of rotatable bonds is 0. The second kappa shape index (κ2) is 2.94. The van der Waals surface area contributed by atoms with E-state index in [2.05, 4.69) is 0 Å². The lowest BCUT2D eigenvalue weighted by molar-refractivity contribution is -0.318. The lowest BCUT2D eigenvalue weighted by atomic mass is 9.95. The molecule has 1 spiro atoms. The van der Waals surface area contributed by atoms with E-state index in [0.717, 1.165) is 32.3 Å². The van der Waals surface area contributed by atoms with Gasteiger partial charge in [-0.25, -0.2) is 0 Å². The molecule has 3 aliphatic rings. The van der Waals surface area contributed by atoms with E-state index >= 15 is 0 Å². The van der Waals surface area contributed by atoms with Crippen LogP contribution in [0.3, 0.4) is 0 Å². The smallest absolute Gasteiger partial charge is 0.283 e. The molecule has 1 saturated carbocycles. The Hall–Kier alpha value is -0.120. The Morgan fingerprint density at radius 2 is 1.62 bits per heavy atom. The second-order valence-electron chi connectivity index (χ2n) is 4.23. The van der Waals surface area contributed by atoms with Gasteiger partial charge < -0.3 is 14.2 Å². The average molecular weight is 184 g/mol. The summed E-state index contributed by atoms with van der Waals surface area (Å²) in [5.74, 6) is -0.625. The van der Waals surface area contributed by atoms with Crippen molar-refractivity contribution in [2.45, 2.75) is 56.7 Å². The molecule has 0 aromatic rings. The van der Waals surface area contributed by atoms with Gasteiger partial charge in [0, 0.05) is 6.42 Å². The molecule has 2 unspecified atom stereocenters. The minimum absolute atomic E-state index is 0.312. The first kappa shape index (κ1) is 8.21. The normalized spacial score (nSPS) is 49.8. The Morgan fingerprint density at radius 1 is 0.923 bits per heavy atom. The summed E-state index contributed by atoms with van der Waals surface area (Å²) < 4.78 is 17.3. The zero-order valence-corrected chi connectivity index (χ0v) is 7.83. The molecule has 0 aromatic carbocycles. The lowest BCUT2D eigenvalue weighted by Crippen LogP contribution is -2.29. The minimum Gasteiger partial charge on any atom is -0.327 e. The van der Waals surface area contributed by atoms with Crippen molar-refractivity contribution in [1.29, 1.82) is 0 Å². The molecule has 0 amide bonds. The molecular weight excluding hydrogens is 168 g/mol. The first-order chi connectivity index (χ1) is 6.38. The minimum atomic E-state index is -0.625. The fourth-order valence-corrected chi connectivity index (χ4v) is 2.60. The molecule has 2 saturated heterocycles. The van der Waals surface area contributed by atoms with E-state index < -0.39 is 5.97 Å². The quantitative estimate of drug-likeness (QED) is 0.574. The summed E-state index contributed by atoms with van der Waals surface area (Å²) in [4.78, 5) is 0. The van der Waals surface area contributed by atoms with Crippen LogP contribution in [0.25, 0.3) is 0 Å². The molecule has 2 atom stereocenters. The van der Waals surface area contributed by atoms with Gasteiger partial charge in [0.15, 0.2) is 0 Å². The van der Waals surface area contributed by atoms with E-state index in [0.29, 0.717) is 12.2 Å². The van der Waals surface area contributed by atoms with Crippen LogP contribution in [-0.4, -0.2) is 24.8 Å². The molecule has 74 valence electrons. The summed E-state index contributed by atoms with van der Waals surface area (Å²) in [6.07, 6.45) is 7.46. The van der Waals surface area contributed by atoms with Gasteiger partial charge in [-0.3, -0.25) is 0 Å². The monoisotopic (exact) mass is 184 g/mol. The fraction of sp³-hybridized carbons (Fsp3) is 1.00. The third kappa shape index (κ3) is 1.30. The molecule has 3 heteroatoms. The molecule has 0 N–H and O–H groups in total. The van der Waals surface area contributed by atoms with Gasteiger partial charge in [-0.2, -0.15) is 0 Å². The lowest BCUT2D eigenvalue weighted by Gasteiger charge is -2.20. The van der Waals surface area contributed by atoms with Gasteiger partial charge >= 0.3 is 0 Å². The van der Waals surface area contributed by atoms with Crippen LogP contribution in [0.4, 0.5) is 0 Å². The van der Waals surface area contributed by atoms with Crippen molar-refractivity contribution >= 4 is 0 Å². The van der Waals surface area contributed by atoms with Crippen molar-refractivity contribution in [3.63, 3.8) is 0 Å². The number of ether oxygens (including phenoxy) is 3. The van der Waals surface area contributed by atoms with Crippen LogP contribution in [0.5, 0.6) is 0 Å². The molecule has 2 aliphatic heterocycles. The van der Waals surface area contributed by atoms with Gasteiger partial charge in [-0.1, -0.05) is 12.8 Å². The highest BCUT2D eigenvalue weighted by atomic mass is 16.9. The summed E-state index contributed by atoms with van der Waals surface area (Å²) in [7, 11) is 0. The maximum Gasteiger partial charge on any atom is 0.283 e. The topological polar surface area (TPSA) is 27.7 Å². The summed E-state index contributed by atoms with van der Waals surface area (Å²) in [6.45, 7) is 0.791. The Bertz CT molecular complexity index is 182. The standard InChI is InChI=1S/C10H16O3/c1-2-5-9-8(4-1)12-10(13-9)6-3-7-11-10/h8-9H,1-7H2. The Kier molecular flexibility index (Phi) is 1.86. The van der Waals surface area contributed by atoms with Crippen LogP contribution < -0.4 is 0 Å². The van der Waals surface area contributed by atoms with Crippen LogP contribution in [0, 0.1) is 0 Å². The van der Waals surface area contributed by atoms with Gasteiger partial charge in [0.1, 0.15) is 0 Å². The van der Waals surface area contributed by atoms with Crippen molar-refractivity contribution in [2.24, 2.45) is 0 Å². The molecule has 2 heterocycles. The van der Waals surface area contributed by atoms with Crippen LogP contribution in [0.2, 0.25) is 0 Å². The third-order valence-electron chi connectivity index (χ3n) is 3.25. The first-order valence-corrected chi connectivity index (χ1v) is 5.38.